The van der Waals surface area contributed by atoms with Crippen molar-refractivity contribution in [3.63, 3.8) is 0 Å². The summed E-state index contributed by atoms with van der Waals surface area (Å²) in [7, 11) is 4.44. The van der Waals surface area contributed by atoms with Crippen LogP contribution >= 0.6 is 0 Å². The summed E-state index contributed by atoms with van der Waals surface area (Å²) in [6, 6.07) is 11.3. The second kappa shape index (κ2) is 5.41. The molecule has 0 aromatic heterocycles. The van der Waals surface area contributed by atoms with Crippen LogP contribution in [0, 0.1) is 0 Å². The Morgan fingerprint density at radius 3 is 2.22 bits per heavy atom. The molecule has 1 fully saturated rings. The number of nitrogens with two attached hydrogens (primary N) is 1. The molecule has 2 nitrogen and oxygen atoms in total. The van der Waals surface area contributed by atoms with Gasteiger partial charge in [0.25, 0.3) is 0 Å². The summed E-state index contributed by atoms with van der Waals surface area (Å²) in [6.07, 6.45) is 4.71. The summed E-state index contributed by atoms with van der Waals surface area (Å²) >= 11 is 0. The van der Waals surface area contributed by atoms with E-state index in [9.17, 15) is 0 Å². The van der Waals surface area contributed by atoms with Crippen molar-refractivity contribution >= 4 is 0 Å². The van der Waals surface area contributed by atoms with Crippen molar-refractivity contribution in [2.75, 3.05) is 14.1 Å². The van der Waals surface area contributed by atoms with E-state index in [1.807, 2.05) is 0 Å². The molecule has 18 heavy (non-hydrogen) atoms. The first-order chi connectivity index (χ1) is 8.56. The summed E-state index contributed by atoms with van der Waals surface area (Å²) in [6.45, 7) is 2.37. The third-order valence-electron chi connectivity index (χ3n) is 4.89. The van der Waals surface area contributed by atoms with Crippen molar-refractivity contribution in [1.29, 1.82) is 0 Å². The molecule has 2 N–H and O–H groups in total. The second-order valence-corrected chi connectivity index (χ2v) is 5.97. The van der Waals surface area contributed by atoms with E-state index in [-0.39, 0.29) is 5.54 Å². The Labute approximate surface area is 111 Å². The van der Waals surface area contributed by atoms with Crippen LogP contribution in [0.1, 0.15) is 44.1 Å². The van der Waals surface area contributed by atoms with Gasteiger partial charge in [-0.25, -0.2) is 0 Å². The van der Waals surface area contributed by atoms with Crippen LogP contribution < -0.4 is 5.73 Å². The molecule has 1 saturated carbocycles. The smallest absolute Gasteiger partial charge is 0.0270 e. The fourth-order valence-electron chi connectivity index (χ4n) is 3.46. The Balaban J connectivity index is 2.25. The molecular formula is C16H26N2. The Morgan fingerprint density at radius 1 is 1.17 bits per heavy atom. The molecule has 1 unspecified atom stereocenters. The molecule has 1 atom stereocenters. The third-order valence-corrected chi connectivity index (χ3v) is 4.89. The molecule has 0 bridgehead atoms. The van der Waals surface area contributed by atoms with Crippen molar-refractivity contribution in [3.8, 4) is 0 Å². The van der Waals surface area contributed by atoms with E-state index in [2.05, 4.69) is 56.3 Å². The molecule has 0 heterocycles. The average molecular weight is 246 g/mol. The van der Waals surface area contributed by atoms with Crippen molar-refractivity contribution in [2.45, 2.75) is 50.1 Å². The lowest BCUT2D eigenvalue weighted by atomic mass is 9.69. The van der Waals surface area contributed by atoms with Gasteiger partial charge in [0.2, 0.25) is 0 Å². The summed E-state index contributed by atoms with van der Waals surface area (Å²) in [4.78, 5) is 2.43. The van der Waals surface area contributed by atoms with E-state index < -0.39 is 0 Å². The highest BCUT2D eigenvalue weighted by atomic mass is 15.2. The number of nitrogens with zero attached hydrogens (tertiary/aromatic N) is 1. The maximum Gasteiger partial charge on any atom is 0.0270 e. The zero-order chi connectivity index (χ0) is 13.2. The lowest BCUT2D eigenvalue weighted by molar-refractivity contribution is 0.0695. The molecule has 100 valence electrons. The van der Waals surface area contributed by atoms with Crippen LogP contribution in [0.2, 0.25) is 0 Å². The van der Waals surface area contributed by atoms with Gasteiger partial charge in [-0.15, -0.1) is 0 Å². The van der Waals surface area contributed by atoms with Crippen LogP contribution in [-0.4, -0.2) is 30.6 Å². The second-order valence-electron chi connectivity index (χ2n) is 5.97. The maximum absolute atomic E-state index is 6.08. The fourth-order valence-corrected chi connectivity index (χ4v) is 3.46. The first kappa shape index (κ1) is 13.6. The summed E-state index contributed by atoms with van der Waals surface area (Å²) in [5, 5.41) is 0. The highest BCUT2D eigenvalue weighted by Gasteiger charge is 2.41. The average Bonchev–Trinajstić information content (AvgIpc) is 2.40. The Bertz CT molecular complexity index is 364. The van der Waals surface area contributed by atoms with Gasteiger partial charge < -0.3 is 10.6 Å². The predicted molar refractivity (Wildman–Crippen MR) is 77.7 cm³/mol. The van der Waals surface area contributed by atoms with Crippen molar-refractivity contribution < 1.29 is 0 Å². The minimum absolute atomic E-state index is 0.275. The summed E-state index contributed by atoms with van der Waals surface area (Å²) in [5.41, 5.74) is 7.80. The Hall–Kier alpha value is -0.860. The molecular weight excluding hydrogens is 220 g/mol. The molecule has 1 aliphatic rings. The van der Waals surface area contributed by atoms with E-state index in [0.29, 0.717) is 12.0 Å². The van der Waals surface area contributed by atoms with Crippen LogP contribution in [0.5, 0.6) is 0 Å². The molecule has 2 heteroatoms. The monoisotopic (exact) mass is 246 g/mol. The van der Waals surface area contributed by atoms with E-state index in [1.54, 1.807) is 0 Å². The lowest BCUT2D eigenvalue weighted by Gasteiger charge is -2.49. The van der Waals surface area contributed by atoms with Crippen LogP contribution in [0.3, 0.4) is 0 Å². The van der Waals surface area contributed by atoms with Gasteiger partial charge in [-0.2, -0.15) is 0 Å². The minimum Gasteiger partial charge on any atom is -0.328 e. The zero-order valence-electron chi connectivity index (χ0n) is 11.9. The first-order valence-electron chi connectivity index (χ1n) is 7.04. The number of hydrogen-bond donors (Lipinski definition) is 1. The van der Waals surface area contributed by atoms with Crippen molar-refractivity contribution in [2.24, 2.45) is 5.73 Å². The minimum atomic E-state index is 0.275. The van der Waals surface area contributed by atoms with Gasteiger partial charge in [-0.1, -0.05) is 37.3 Å². The van der Waals surface area contributed by atoms with Crippen LogP contribution in [0.25, 0.3) is 0 Å². The first-order valence-corrected chi connectivity index (χ1v) is 7.04. The van der Waals surface area contributed by atoms with E-state index in [1.165, 1.54) is 18.4 Å². The van der Waals surface area contributed by atoms with Crippen LogP contribution in [0.4, 0.5) is 0 Å². The van der Waals surface area contributed by atoms with E-state index in [0.717, 1.165) is 12.8 Å². The topological polar surface area (TPSA) is 29.3 Å². The quantitative estimate of drug-likeness (QED) is 0.888. The SMILES string of the molecule is CC(c1ccccc1)C1(N(C)C)CCC(N)CC1. The van der Waals surface area contributed by atoms with Crippen molar-refractivity contribution in [1.82, 2.24) is 4.90 Å². The Kier molecular flexibility index (Phi) is 4.08. The molecule has 0 spiro atoms. The predicted octanol–water partition coefficient (Wildman–Crippen LogP) is 2.99. The fraction of sp³-hybridized carbons (Fsp3) is 0.625. The number of hydrogen-bond acceptors (Lipinski definition) is 2. The molecule has 0 radical (unpaired) electrons. The summed E-state index contributed by atoms with van der Waals surface area (Å²) in [5.74, 6) is 0.557. The summed E-state index contributed by atoms with van der Waals surface area (Å²) < 4.78 is 0. The van der Waals surface area contributed by atoms with Crippen molar-refractivity contribution in [3.05, 3.63) is 35.9 Å². The highest BCUT2D eigenvalue weighted by molar-refractivity contribution is 5.24. The van der Waals surface area contributed by atoms with Gasteiger partial charge in [0.1, 0.15) is 0 Å². The molecule has 0 aliphatic heterocycles. The maximum atomic E-state index is 6.08. The largest absolute Gasteiger partial charge is 0.328 e. The molecule has 1 aliphatic carbocycles. The third kappa shape index (κ3) is 2.45. The molecule has 1 aromatic carbocycles. The number of benzene rings is 1. The number of rotatable bonds is 3. The van der Waals surface area contributed by atoms with Crippen LogP contribution in [0.15, 0.2) is 30.3 Å². The van der Waals surface area contributed by atoms with E-state index in [4.69, 9.17) is 5.73 Å². The van der Waals surface area contributed by atoms with Gasteiger partial charge in [-0.3, -0.25) is 0 Å². The zero-order valence-corrected chi connectivity index (χ0v) is 11.9. The van der Waals surface area contributed by atoms with Gasteiger partial charge in [0, 0.05) is 11.6 Å². The molecule has 1 aromatic rings. The van der Waals surface area contributed by atoms with E-state index >= 15 is 0 Å². The molecule has 2 rings (SSSR count). The van der Waals surface area contributed by atoms with Gasteiger partial charge in [0.15, 0.2) is 0 Å². The standard InChI is InChI=1S/C16H26N2/c1-13(14-7-5-4-6-8-14)16(18(2)3)11-9-15(17)10-12-16/h4-8,13,15H,9-12,17H2,1-3H3. The highest BCUT2D eigenvalue weighted by Crippen LogP contribution is 2.42. The molecule has 0 amide bonds. The van der Waals surface area contributed by atoms with Crippen LogP contribution in [-0.2, 0) is 0 Å². The lowest BCUT2D eigenvalue weighted by Crippen LogP contribution is -2.52. The normalized spacial score (nSPS) is 30.4. The van der Waals surface area contributed by atoms with Gasteiger partial charge in [0.05, 0.1) is 0 Å². The van der Waals surface area contributed by atoms with Gasteiger partial charge >= 0.3 is 0 Å². The Morgan fingerprint density at radius 2 is 1.72 bits per heavy atom. The molecule has 0 saturated heterocycles. The number of likely N-dealkylation sites (N-methyl/N-ethyl adjacent to an activating group) is 1. The van der Waals surface area contributed by atoms with Gasteiger partial charge in [-0.05, 0) is 51.3 Å².